The molecule has 0 heterocycles. The first kappa shape index (κ1) is 23.2. The molecule has 0 aliphatic rings. The Morgan fingerprint density at radius 2 is 0.875 bits per heavy atom. The van der Waals surface area contributed by atoms with Crippen molar-refractivity contribution in [2.75, 3.05) is 0 Å². The van der Waals surface area contributed by atoms with Crippen molar-refractivity contribution in [2.45, 2.75) is 0 Å². The van der Waals surface area contributed by atoms with Crippen LogP contribution in [0.25, 0.3) is 0 Å². The predicted molar refractivity (Wildman–Crippen MR) is 108 cm³/mol. The Kier molecular flexibility index (Phi) is 7.10. The van der Waals surface area contributed by atoms with Crippen LogP contribution in [0.2, 0.25) is 0 Å². The van der Waals surface area contributed by atoms with Crippen molar-refractivity contribution in [2.24, 2.45) is 0 Å². The fourth-order valence-corrected chi connectivity index (χ4v) is 5.44. The van der Waals surface area contributed by atoms with Gasteiger partial charge in [-0.2, -0.15) is 26.3 Å². The molecular formula is C22H13F6O3P. The third-order valence-corrected chi connectivity index (χ3v) is 7.31. The van der Waals surface area contributed by atoms with E-state index in [4.69, 9.17) is 0 Å². The van der Waals surface area contributed by atoms with Crippen molar-refractivity contribution in [3.05, 3.63) is 103 Å². The monoisotopic (exact) mass is 470 g/mol. The minimum Gasteiger partial charge on any atom is -0.428 e. The average Bonchev–Trinajstić information content (AvgIpc) is 2.80. The van der Waals surface area contributed by atoms with E-state index in [9.17, 15) is 30.9 Å². The highest BCUT2D eigenvalue weighted by Crippen LogP contribution is 2.43. The van der Waals surface area contributed by atoms with Crippen LogP contribution in [-0.2, 0) is 4.57 Å². The molecule has 3 nitrogen and oxygen atoms in total. The highest BCUT2D eigenvalue weighted by atomic mass is 31.2. The average molecular weight is 470 g/mol. The van der Waals surface area contributed by atoms with Gasteiger partial charge in [0.1, 0.15) is 11.5 Å². The summed E-state index contributed by atoms with van der Waals surface area (Å²) >= 11 is 0. The summed E-state index contributed by atoms with van der Waals surface area (Å²) in [4.78, 5) is 0. The van der Waals surface area contributed by atoms with E-state index in [1.54, 1.807) is 30.3 Å². The normalized spacial score (nSPS) is 10.9. The van der Waals surface area contributed by atoms with E-state index in [2.05, 4.69) is 9.47 Å². The zero-order chi connectivity index (χ0) is 23.3. The van der Waals surface area contributed by atoms with Gasteiger partial charge >= 0.3 is 24.2 Å². The Balaban J connectivity index is 2.03. The molecule has 0 saturated heterocycles. The van der Waals surface area contributed by atoms with Gasteiger partial charge in [-0.3, -0.25) is 0 Å². The van der Waals surface area contributed by atoms with Gasteiger partial charge in [0.2, 0.25) is 0 Å². The van der Waals surface area contributed by atoms with Crippen LogP contribution >= 0.6 is 7.14 Å². The fraction of sp³-hybridized carbons (Fsp3) is 0. The summed E-state index contributed by atoms with van der Waals surface area (Å²) in [5.74, 6) is -0.476. The van der Waals surface area contributed by atoms with E-state index < -0.39 is 31.3 Å². The van der Waals surface area contributed by atoms with E-state index in [0.717, 1.165) is 0 Å². The first-order chi connectivity index (χ1) is 15.2. The van der Waals surface area contributed by atoms with Crippen LogP contribution in [0.4, 0.5) is 26.3 Å². The minimum atomic E-state index is -3.54. The van der Waals surface area contributed by atoms with Gasteiger partial charge in [-0.25, -0.2) is 0 Å². The molecule has 0 N–H and O–H groups in total. The van der Waals surface area contributed by atoms with Crippen LogP contribution in [0.3, 0.4) is 0 Å². The Morgan fingerprint density at radius 1 is 0.531 bits per heavy atom. The Labute approximate surface area is 178 Å². The van der Waals surface area contributed by atoms with Crippen LogP contribution in [0.1, 0.15) is 0 Å². The molecule has 3 aromatic carbocycles. The molecule has 0 spiro atoms. The molecule has 3 rings (SSSR count). The molecule has 0 amide bonds. The standard InChI is InChI=1S/C22H13F6O3P/c23-19(24)21(27)30-14-6-10-17(11-7-14)32(29,16-4-2-1-3-5-16)18-12-8-15(9-13-18)31-22(28)20(25)26/h1-13H. The van der Waals surface area contributed by atoms with Gasteiger partial charge in [0.05, 0.1) is 0 Å². The molecular weight excluding hydrogens is 457 g/mol. The van der Waals surface area contributed by atoms with Crippen molar-refractivity contribution >= 4 is 23.1 Å². The molecule has 0 aromatic heterocycles. The molecule has 32 heavy (non-hydrogen) atoms. The smallest absolute Gasteiger partial charge is 0.344 e. The van der Waals surface area contributed by atoms with Crippen molar-refractivity contribution in [3.8, 4) is 11.5 Å². The van der Waals surface area contributed by atoms with Crippen molar-refractivity contribution in [3.63, 3.8) is 0 Å². The van der Waals surface area contributed by atoms with Crippen molar-refractivity contribution in [1.29, 1.82) is 0 Å². The molecule has 0 aliphatic carbocycles. The molecule has 3 aromatic rings. The number of hydrogen-bond donors (Lipinski definition) is 0. The van der Waals surface area contributed by atoms with E-state index >= 15 is 0 Å². The molecule has 0 radical (unpaired) electrons. The summed E-state index contributed by atoms with van der Waals surface area (Å²) in [5.41, 5.74) is 0. The number of benzene rings is 3. The molecule has 0 aliphatic heterocycles. The lowest BCUT2D eigenvalue weighted by atomic mass is 10.3. The molecule has 10 heteroatoms. The Hall–Kier alpha value is -3.45. The number of ether oxygens (including phenoxy) is 2. The van der Waals surface area contributed by atoms with Gasteiger partial charge in [0, 0.05) is 15.9 Å². The Morgan fingerprint density at radius 3 is 1.22 bits per heavy atom. The SMILES string of the molecule is O=P(c1ccccc1)(c1ccc(OC(F)=C(F)F)cc1)c1ccc(OC(F)=C(F)F)cc1. The van der Waals surface area contributed by atoms with Gasteiger partial charge in [-0.1, -0.05) is 30.3 Å². The molecule has 166 valence electrons. The second kappa shape index (κ2) is 9.78. The third-order valence-electron chi connectivity index (χ3n) is 4.23. The van der Waals surface area contributed by atoms with E-state index in [0.29, 0.717) is 5.30 Å². The van der Waals surface area contributed by atoms with Gasteiger partial charge in [-0.05, 0) is 48.5 Å². The van der Waals surface area contributed by atoms with E-state index in [1.807, 2.05) is 0 Å². The summed E-state index contributed by atoms with van der Waals surface area (Å²) in [7, 11) is -3.54. The largest absolute Gasteiger partial charge is 0.428 e. The first-order valence-electron chi connectivity index (χ1n) is 8.86. The van der Waals surface area contributed by atoms with Gasteiger partial charge in [-0.15, -0.1) is 0 Å². The predicted octanol–water partition coefficient (Wildman–Crippen LogP) is 6.15. The lowest BCUT2D eigenvalue weighted by molar-refractivity contribution is 0.241. The Bertz CT molecular complexity index is 1110. The number of rotatable bonds is 7. The summed E-state index contributed by atoms with van der Waals surface area (Å²) in [6, 6.07) is 14.2. The molecule has 0 unspecified atom stereocenters. The number of halogens is 6. The second-order valence-electron chi connectivity index (χ2n) is 6.20. The minimum absolute atomic E-state index is 0.238. The van der Waals surface area contributed by atoms with E-state index in [-0.39, 0.29) is 22.1 Å². The molecule has 0 fully saturated rings. The van der Waals surface area contributed by atoms with Crippen LogP contribution in [-0.4, -0.2) is 0 Å². The fourth-order valence-electron chi connectivity index (χ4n) is 2.82. The first-order valence-corrected chi connectivity index (χ1v) is 10.6. The van der Waals surface area contributed by atoms with Gasteiger partial charge in [0.25, 0.3) is 0 Å². The summed E-state index contributed by atoms with van der Waals surface area (Å²) in [5, 5.41) is 0.926. The zero-order valence-electron chi connectivity index (χ0n) is 15.9. The van der Waals surface area contributed by atoms with Crippen LogP contribution in [0.5, 0.6) is 11.5 Å². The van der Waals surface area contributed by atoms with Crippen molar-refractivity contribution in [1.82, 2.24) is 0 Å². The second-order valence-corrected chi connectivity index (χ2v) is 8.97. The number of hydrogen-bond acceptors (Lipinski definition) is 3. The van der Waals surface area contributed by atoms with Gasteiger partial charge < -0.3 is 14.0 Å². The maximum Gasteiger partial charge on any atom is 0.344 e. The lowest BCUT2D eigenvalue weighted by Crippen LogP contribution is -2.24. The quantitative estimate of drug-likeness (QED) is 0.236. The highest BCUT2D eigenvalue weighted by molar-refractivity contribution is 7.85. The van der Waals surface area contributed by atoms with Crippen molar-refractivity contribution < 1.29 is 40.4 Å². The summed E-state index contributed by atoms with van der Waals surface area (Å²) in [6.45, 7) is 0. The summed E-state index contributed by atoms with van der Waals surface area (Å²) in [6.07, 6.45) is -5.24. The summed E-state index contributed by atoms with van der Waals surface area (Å²) < 4.78 is 98.0. The molecule has 0 bridgehead atoms. The van der Waals surface area contributed by atoms with Crippen LogP contribution in [0.15, 0.2) is 103 Å². The zero-order valence-corrected chi connectivity index (χ0v) is 16.8. The van der Waals surface area contributed by atoms with Gasteiger partial charge in [0.15, 0.2) is 7.14 Å². The highest BCUT2D eigenvalue weighted by Gasteiger charge is 2.30. The maximum atomic E-state index is 14.2. The topological polar surface area (TPSA) is 35.5 Å². The molecule has 0 saturated carbocycles. The third kappa shape index (κ3) is 5.06. The maximum absolute atomic E-state index is 14.2. The van der Waals surface area contributed by atoms with Crippen LogP contribution < -0.4 is 25.4 Å². The lowest BCUT2D eigenvalue weighted by Gasteiger charge is -2.20. The van der Waals surface area contributed by atoms with E-state index in [1.165, 1.54) is 48.5 Å². The molecule has 0 atom stereocenters. The van der Waals surface area contributed by atoms with Crippen LogP contribution in [0, 0.1) is 0 Å².